The lowest BCUT2D eigenvalue weighted by atomic mass is 10.1. The maximum absolute atomic E-state index is 13.0. The number of carbonyl (C=O) groups is 2. The van der Waals surface area contributed by atoms with E-state index in [1.165, 1.54) is 12.1 Å². The number of nitrogens with zero attached hydrogens (tertiary/aromatic N) is 2. The minimum absolute atomic E-state index is 0.0323. The SMILES string of the molecule is C/C(=N\N=C1\NC(=O)C(CC(=O)Nc2ccccc2C)S1)c1ccc(F)cc1. The van der Waals surface area contributed by atoms with Gasteiger partial charge in [-0.2, -0.15) is 5.10 Å². The van der Waals surface area contributed by atoms with Gasteiger partial charge in [0.2, 0.25) is 11.8 Å². The highest BCUT2D eigenvalue weighted by molar-refractivity contribution is 8.15. The maximum atomic E-state index is 13.0. The van der Waals surface area contributed by atoms with Gasteiger partial charge in [-0.1, -0.05) is 42.1 Å². The van der Waals surface area contributed by atoms with Crippen molar-refractivity contribution in [2.45, 2.75) is 25.5 Å². The van der Waals surface area contributed by atoms with E-state index >= 15 is 0 Å². The molecule has 1 atom stereocenters. The van der Waals surface area contributed by atoms with Gasteiger partial charge in [0.25, 0.3) is 0 Å². The fourth-order valence-electron chi connectivity index (χ4n) is 2.54. The number of benzene rings is 2. The summed E-state index contributed by atoms with van der Waals surface area (Å²) >= 11 is 1.16. The summed E-state index contributed by atoms with van der Waals surface area (Å²) in [5.41, 5.74) is 2.99. The molecule has 1 unspecified atom stereocenters. The normalized spacial score (nSPS) is 18.2. The number of amides is 2. The summed E-state index contributed by atoms with van der Waals surface area (Å²) in [5, 5.41) is 13.3. The molecule has 28 heavy (non-hydrogen) atoms. The third kappa shape index (κ3) is 5.04. The average molecular weight is 398 g/mol. The van der Waals surface area contributed by atoms with Gasteiger partial charge in [-0.3, -0.25) is 9.59 Å². The van der Waals surface area contributed by atoms with Crippen LogP contribution in [0.3, 0.4) is 0 Å². The minimum atomic E-state index is -0.566. The van der Waals surface area contributed by atoms with E-state index in [0.29, 0.717) is 10.9 Å². The molecule has 2 aromatic carbocycles. The number of amidine groups is 1. The van der Waals surface area contributed by atoms with Crippen molar-refractivity contribution in [2.75, 3.05) is 5.32 Å². The van der Waals surface area contributed by atoms with Crippen LogP contribution in [0.5, 0.6) is 0 Å². The van der Waals surface area contributed by atoms with E-state index < -0.39 is 5.25 Å². The molecule has 2 amide bonds. The predicted octanol–water partition coefficient (Wildman–Crippen LogP) is 3.47. The molecule has 8 heteroatoms. The first-order valence-electron chi connectivity index (χ1n) is 8.63. The van der Waals surface area contributed by atoms with Gasteiger partial charge < -0.3 is 10.6 Å². The van der Waals surface area contributed by atoms with E-state index in [-0.39, 0.29) is 24.1 Å². The first-order valence-corrected chi connectivity index (χ1v) is 9.51. The third-order valence-corrected chi connectivity index (χ3v) is 5.19. The Morgan fingerprint density at radius 2 is 1.93 bits per heavy atom. The highest BCUT2D eigenvalue weighted by Crippen LogP contribution is 2.23. The summed E-state index contributed by atoms with van der Waals surface area (Å²) < 4.78 is 13.0. The molecular formula is C20H19FN4O2S. The highest BCUT2D eigenvalue weighted by Gasteiger charge is 2.32. The zero-order chi connectivity index (χ0) is 20.1. The van der Waals surface area contributed by atoms with Gasteiger partial charge in [-0.25, -0.2) is 4.39 Å². The molecule has 2 N–H and O–H groups in total. The van der Waals surface area contributed by atoms with Gasteiger partial charge in [-0.15, -0.1) is 5.10 Å². The first-order chi connectivity index (χ1) is 13.4. The number of aryl methyl sites for hydroxylation is 1. The van der Waals surface area contributed by atoms with Gasteiger partial charge >= 0.3 is 0 Å². The van der Waals surface area contributed by atoms with Crippen LogP contribution in [0.15, 0.2) is 58.7 Å². The predicted molar refractivity (Wildman–Crippen MR) is 110 cm³/mol. The summed E-state index contributed by atoms with van der Waals surface area (Å²) in [4.78, 5) is 24.4. The topological polar surface area (TPSA) is 82.9 Å². The van der Waals surface area contributed by atoms with Crippen LogP contribution in [0.4, 0.5) is 10.1 Å². The Kier molecular flexibility index (Phi) is 6.20. The van der Waals surface area contributed by atoms with Crippen molar-refractivity contribution < 1.29 is 14.0 Å². The van der Waals surface area contributed by atoms with Gasteiger partial charge in [-0.05, 0) is 43.2 Å². The second-order valence-corrected chi connectivity index (χ2v) is 7.45. The standard InChI is InChI=1S/C20H19FN4O2S/c1-12-5-3-4-6-16(12)22-18(26)11-17-19(27)23-20(28-17)25-24-13(2)14-7-9-15(21)10-8-14/h3-10,17H,11H2,1-2H3,(H,22,26)(H,23,25,27)/b24-13+. The lowest BCUT2D eigenvalue weighted by Gasteiger charge is -2.09. The molecule has 0 aliphatic carbocycles. The molecule has 144 valence electrons. The molecule has 1 saturated heterocycles. The van der Waals surface area contributed by atoms with Gasteiger partial charge in [0.05, 0.1) is 5.71 Å². The summed E-state index contributed by atoms with van der Waals surface area (Å²) in [5.74, 6) is -0.846. The number of anilines is 1. The number of hydrogen-bond acceptors (Lipinski definition) is 5. The molecule has 0 radical (unpaired) electrons. The van der Waals surface area contributed by atoms with E-state index in [1.807, 2.05) is 31.2 Å². The van der Waals surface area contributed by atoms with E-state index in [1.54, 1.807) is 19.1 Å². The molecule has 0 spiro atoms. The summed E-state index contributed by atoms with van der Waals surface area (Å²) in [6, 6.07) is 13.3. The Balaban J connectivity index is 1.60. The zero-order valence-electron chi connectivity index (χ0n) is 15.4. The van der Waals surface area contributed by atoms with Gasteiger partial charge in [0.15, 0.2) is 5.17 Å². The maximum Gasteiger partial charge on any atom is 0.240 e. The molecular weight excluding hydrogens is 379 g/mol. The molecule has 3 rings (SSSR count). The summed E-state index contributed by atoms with van der Waals surface area (Å²) in [6.45, 7) is 3.64. The van der Waals surface area contributed by atoms with Crippen LogP contribution in [0, 0.1) is 12.7 Å². The lowest BCUT2D eigenvalue weighted by molar-refractivity contribution is -0.122. The van der Waals surface area contributed by atoms with Crippen LogP contribution in [-0.4, -0.2) is 27.9 Å². The van der Waals surface area contributed by atoms with Crippen LogP contribution in [0.1, 0.15) is 24.5 Å². The fourth-order valence-corrected chi connectivity index (χ4v) is 3.46. The van der Waals surface area contributed by atoms with Crippen molar-refractivity contribution in [3.8, 4) is 0 Å². The third-order valence-electron chi connectivity index (χ3n) is 4.12. The monoisotopic (exact) mass is 398 g/mol. The van der Waals surface area contributed by atoms with Crippen molar-refractivity contribution >= 4 is 40.1 Å². The molecule has 1 fully saturated rings. The second-order valence-electron chi connectivity index (χ2n) is 6.26. The Bertz CT molecular complexity index is 957. The highest BCUT2D eigenvalue weighted by atomic mass is 32.2. The number of carbonyl (C=O) groups excluding carboxylic acids is 2. The van der Waals surface area contributed by atoms with Crippen LogP contribution in [0.25, 0.3) is 0 Å². The Morgan fingerprint density at radius 1 is 1.21 bits per heavy atom. The van der Waals surface area contributed by atoms with Crippen molar-refractivity contribution in [1.82, 2.24) is 5.32 Å². The summed E-state index contributed by atoms with van der Waals surface area (Å²) in [6.07, 6.45) is 0.0323. The van der Waals surface area contributed by atoms with Gasteiger partial charge in [0.1, 0.15) is 11.1 Å². The van der Waals surface area contributed by atoms with E-state index in [0.717, 1.165) is 28.6 Å². The molecule has 1 aliphatic rings. The Hall–Kier alpha value is -3.00. The lowest BCUT2D eigenvalue weighted by Crippen LogP contribution is -2.28. The molecule has 0 bridgehead atoms. The molecule has 6 nitrogen and oxygen atoms in total. The van der Waals surface area contributed by atoms with E-state index in [4.69, 9.17) is 0 Å². The molecule has 0 saturated carbocycles. The van der Waals surface area contributed by atoms with Crippen LogP contribution in [0.2, 0.25) is 0 Å². The zero-order valence-corrected chi connectivity index (χ0v) is 16.2. The van der Waals surface area contributed by atoms with Gasteiger partial charge in [0, 0.05) is 12.1 Å². The number of rotatable bonds is 5. The summed E-state index contributed by atoms with van der Waals surface area (Å²) in [7, 11) is 0. The fraction of sp³-hybridized carbons (Fsp3) is 0.200. The molecule has 1 aliphatic heterocycles. The molecule has 0 aromatic heterocycles. The van der Waals surface area contributed by atoms with Crippen molar-refractivity contribution in [2.24, 2.45) is 10.2 Å². The van der Waals surface area contributed by atoms with Crippen molar-refractivity contribution in [3.05, 3.63) is 65.5 Å². The average Bonchev–Trinajstić information content (AvgIpc) is 3.01. The largest absolute Gasteiger partial charge is 0.326 e. The Morgan fingerprint density at radius 3 is 2.64 bits per heavy atom. The van der Waals surface area contributed by atoms with Crippen LogP contribution in [-0.2, 0) is 9.59 Å². The number of halogens is 1. The van der Waals surface area contributed by atoms with Crippen LogP contribution >= 0.6 is 11.8 Å². The molecule has 1 heterocycles. The minimum Gasteiger partial charge on any atom is -0.326 e. The first kappa shape index (κ1) is 19.8. The van der Waals surface area contributed by atoms with Crippen molar-refractivity contribution in [3.63, 3.8) is 0 Å². The van der Waals surface area contributed by atoms with Crippen LogP contribution < -0.4 is 10.6 Å². The second kappa shape index (κ2) is 8.79. The van der Waals surface area contributed by atoms with Crippen molar-refractivity contribution in [1.29, 1.82) is 0 Å². The smallest absolute Gasteiger partial charge is 0.240 e. The quantitative estimate of drug-likeness (QED) is 0.598. The number of thioether (sulfide) groups is 1. The molecule has 2 aromatic rings. The van der Waals surface area contributed by atoms with E-state index in [2.05, 4.69) is 20.8 Å². The number of hydrogen-bond donors (Lipinski definition) is 2. The number of para-hydroxylation sites is 1. The number of nitrogens with one attached hydrogen (secondary N) is 2. The van der Waals surface area contributed by atoms with E-state index in [9.17, 15) is 14.0 Å². The Labute approximate surface area is 166 Å².